The molecule has 9 heteroatoms. The third kappa shape index (κ3) is 7.55. The number of aryl methyl sites for hydroxylation is 1. The number of hydrogen-bond acceptors (Lipinski definition) is 3. The van der Waals surface area contributed by atoms with E-state index in [2.05, 4.69) is 17.7 Å². The average molecular weight is 447 g/mol. The van der Waals surface area contributed by atoms with E-state index in [-0.39, 0.29) is 0 Å². The highest BCUT2D eigenvalue weighted by molar-refractivity contribution is 6.31. The van der Waals surface area contributed by atoms with E-state index in [0.29, 0.717) is 6.61 Å². The molecule has 1 aliphatic carbocycles. The highest BCUT2D eigenvalue weighted by Crippen LogP contribution is 2.28. The van der Waals surface area contributed by atoms with Crippen LogP contribution >= 0.6 is 11.6 Å². The molecule has 5 nitrogen and oxygen atoms in total. The molecule has 0 spiro atoms. The van der Waals surface area contributed by atoms with E-state index in [1.165, 1.54) is 25.7 Å². The standard InChI is InChI=1S/C19H25ClN2O.C2HF3O2/c1-2-7-17-12-19(22(21-17)13-15-8-3-4-9-15)23-14-16-10-5-6-11-18(16)20;3-2(4,5)1(6)7/h5-6,10-12,15H,2-4,7-9,13-14H2,1H3;(H,6,7). The van der Waals surface area contributed by atoms with Crippen LogP contribution in [0.5, 0.6) is 5.88 Å². The predicted octanol–water partition coefficient (Wildman–Crippen LogP) is 5.89. The SMILES string of the molecule is CCCc1cc(OCc2ccccc2Cl)n(CC2CCCC2)n1.O=C(O)C(F)(F)F. The minimum Gasteiger partial charge on any atom is -0.475 e. The number of nitrogens with zero attached hydrogens (tertiary/aromatic N) is 2. The van der Waals surface area contributed by atoms with Crippen molar-refractivity contribution >= 4 is 17.6 Å². The molecule has 1 saturated carbocycles. The van der Waals surface area contributed by atoms with Crippen molar-refractivity contribution in [3.8, 4) is 5.88 Å². The van der Waals surface area contributed by atoms with Crippen molar-refractivity contribution in [2.24, 2.45) is 5.92 Å². The number of carboxylic acids is 1. The van der Waals surface area contributed by atoms with Crippen LogP contribution in [0.3, 0.4) is 0 Å². The maximum Gasteiger partial charge on any atom is 0.490 e. The molecule has 0 aliphatic heterocycles. The van der Waals surface area contributed by atoms with Gasteiger partial charge in [0.2, 0.25) is 5.88 Å². The molecule has 1 aliphatic rings. The van der Waals surface area contributed by atoms with Crippen LogP contribution in [0.15, 0.2) is 30.3 Å². The number of aliphatic carboxylic acids is 1. The second kappa shape index (κ2) is 11.2. The Balaban J connectivity index is 0.000000396. The lowest BCUT2D eigenvalue weighted by atomic mass is 10.1. The van der Waals surface area contributed by atoms with E-state index in [4.69, 9.17) is 31.3 Å². The van der Waals surface area contributed by atoms with E-state index in [1.807, 2.05) is 24.3 Å². The lowest BCUT2D eigenvalue weighted by Crippen LogP contribution is -2.21. The highest BCUT2D eigenvalue weighted by atomic mass is 35.5. The molecule has 3 rings (SSSR count). The van der Waals surface area contributed by atoms with Crippen LogP contribution in [0.2, 0.25) is 5.02 Å². The summed E-state index contributed by atoms with van der Waals surface area (Å²) in [6, 6.07) is 9.93. The third-order valence-corrected chi connectivity index (χ3v) is 5.15. The number of carbonyl (C=O) groups is 1. The highest BCUT2D eigenvalue weighted by Gasteiger charge is 2.38. The average Bonchev–Trinajstić information content (AvgIpc) is 3.31. The maximum atomic E-state index is 10.6. The zero-order chi connectivity index (χ0) is 22.1. The van der Waals surface area contributed by atoms with Crippen molar-refractivity contribution < 1.29 is 27.8 Å². The first-order valence-electron chi connectivity index (χ1n) is 9.93. The summed E-state index contributed by atoms with van der Waals surface area (Å²) in [5.41, 5.74) is 2.14. The van der Waals surface area contributed by atoms with Crippen LogP contribution in [0.4, 0.5) is 13.2 Å². The quantitative estimate of drug-likeness (QED) is 0.575. The van der Waals surface area contributed by atoms with Crippen molar-refractivity contribution in [2.75, 3.05) is 0 Å². The van der Waals surface area contributed by atoms with E-state index in [0.717, 1.165) is 47.5 Å². The van der Waals surface area contributed by atoms with Gasteiger partial charge in [-0.3, -0.25) is 0 Å². The molecule has 1 fully saturated rings. The van der Waals surface area contributed by atoms with E-state index >= 15 is 0 Å². The number of benzene rings is 1. The fraction of sp³-hybridized carbons (Fsp3) is 0.524. The van der Waals surface area contributed by atoms with Crippen LogP contribution in [0.25, 0.3) is 0 Å². The summed E-state index contributed by atoms with van der Waals surface area (Å²) >= 11 is 6.22. The monoisotopic (exact) mass is 446 g/mol. The van der Waals surface area contributed by atoms with Gasteiger partial charge in [0.1, 0.15) is 6.61 Å². The van der Waals surface area contributed by atoms with E-state index in [1.54, 1.807) is 0 Å². The first kappa shape index (κ1) is 24.1. The van der Waals surface area contributed by atoms with Gasteiger partial charge in [-0.25, -0.2) is 9.48 Å². The van der Waals surface area contributed by atoms with Gasteiger partial charge in [0.05, 0.1) is 5.69 Å². The number of ether oxygens (including phenoxy) is 1. The Labute approximate surface area is 178 Å². The van der Waals surface area contributed by atoms with E-state index in [9.17, 15) is 13.2 Å². The lowest BCUT2D eigenvalue weighted by molar-refractivity contribution is -0.192. The minimum atomic E-state index is -5.08. The summed E-state index contributed by atoms with van der Waals surface area (Å²) in [5, 5.41) is 12.6. The fourth-order valence-corrected chi connectivity index (χ4v) is 3.47. The molecule has 30 heavy (non-hydrogen) atoms. The van der Waals surface area contributed by atoms with Gasteiger partial charge in [-0.05, 0) is 31.2 Å². The summed E-state index contributed by atoms with van der Waals surface area (Å²) < 4.78 is 39.9. The van der Waals surface area contributed by atoms with Crippen molar-refractivity contribution in [2.45, 2.75) is 64.8 Å². The Morgan fingerprint density at radius 1 is 1.30 bits per heavy atom. The molecule has 1 aromatic carbocycles. The number of halogens is 4. The normalized spacial score (nSPS) is 14.3. The molecule has 1 N–H and O–H groups in total. The second-order valence-electron chi connectivity index (χ2n) is 7.24. The molecule has 1 heterocycles. The summed E-state index contributed by atoms with van der Waals surface area (Å²) in [7, 11) is 0. The number of hydrogen-bond donors (Lipinski definition) is 1. The fourth-order valence-electron chi connectivity index (χ4n) is 3.28. The summed E-state index contributed by atoms with van der Waals surface area (Å²) in [5.74, 6) is -1.14. The van der Waals surface area contributed by atoms with Gasteiger partial charge in [-0.2, -0.15) is 18.3 Å². The Bertz CT molecular complexity index is 818. The van der Waals surface area contributed by atoms with Crippen LogP contribution in [0, 0.1) is 5.92 Å². The topological polar surface area (TPSA) is 64.4 Å². The van der Waals surface area contributed by atoms with Gasteiger partial charge in [0.25, 0.3) is 0 Å². The zero-order valence-corrected chi connectivity index (χ0v) is 17.5. The number of rotatable bonds is 7. The molecule has 1 aromatic heterocycles. The predicted molar refractivity (Wildman–Crippen MR) is 108 cm³/mol. The summed E-state index contributed by atoms with van der Waals surface area (Å²) in [6.07, 6.45) is 2.34. The van der Waals surface area contributed by atoms with Gasteiger partial charge in [-0.15, -0.1) is 0 Å². The molecule has 2 aromatic rings. The number of carboxylic acid groups (broad SMARTS) is 1. The molecule has 166 valence electrons. The van der Waals surface area contributed by atoms with Gasteiger partial charge in [0, 0.05) is 23.2 Å². The van der Waals surface area contributed by atoms with Gasteiger partial charge in [0.15, 0.2) is 0 Å². The zero-order valence-electron chi connectivity index (χ0n) is 16.8. The minimum absolute atomic E-state index is 0.488. The Hall–Kier alpha value is -2.22. The van der Waals surface area contributed by atoms with Crippen molar-refractivity contribution in [1.29, 1.82) is 0 Å². The van der Waals surface area contributed by atoms with Crippen LogP contribution < -0.4 is 4.74 Å². The van der Waals surface area contributed by atoms with Crippen LogP contribution in [0.1, 0.15) is 50.3 Å². The van der Waals surface area contributed by atoms with Crippen molar-refractivity contribution in [3.05, 3.63) is 46.6 Å². The number of alkyl halides is 3. The summed E-state index contributed by atoms with van der Waals surface area (Å²) in [6.45, 7) is 3.64. The first-order valence-corrected chi connectivity index (χ1v) is 10.3. The molecule has 0 radical (unpaired) electrons. The molecular formula is C21H26ClF3N2O3. The largest absolute Gasteiger partial charge is 0.490 e. The third-order valence-electron chi connectivity index (χ3n) is 4.78. The Morgan fingerprint density at radius 2 is 1.93 bits per heavy atom. The van der Waals surface area contributed by atoms with Crippen LogP contribution in [-0.4, -0.2) is 27.0 Å². The summed E-state index contributed by atoms with van der Waals surface area (Å²) in [4.78, 5) is 8.90. The van der Waals surface area contributed by atoms with Crippen LogP contribution in [-0.2, 0) is 24.4 Å². The second-order valence-corrected chi connectivity index (χ2v) is 7.65. The Kier molecular flexibility index (Phi) is 9.02. The van der Waals surface area contributed by atoms with Gasteiger partial charge >= 0.3 is 12.1 Å². The molecule has 0 amide bonds. The van der Waals surface area contributed by atoms with Crippen molar-refractivity contribution in [1.82, 2.24) is 9.78 Å². The molecule has 0 bridgehead atoms. The molecular weight excluding hydrogens is 421 g/mol. The van der Waals surface area contributed by atoms with E-state index < -0.39 is 12.1 Å². The Morgan fingerprint density at radius 3 is 2.50 bits per heavy atom. The van der Waals surface area contributed by atoms with Gasteiger partial charge < -0.3 is 9.84 Å². The lowest BCUT2D eigenvalue weighted by Gasteiger charge is -2.13. The number of aromatic nitrogens is 2. The van der Waals surface area contributed by atoms with Gasteiger partial charge in [-0.1, -0.05) is 56.0 Å². The molecule has 0 unspecified atom stereocenters. The maximum absolute atomic E-state index is 10.6. The smallest absolute Gasteiger partial charge is 0.475 e. The molecule has 0 saturated heterocycles. The molecule has 0 atom stereocenters. The van der Waals surface area contributed by atoms with Crippen molar-refractivity contribution in [3.63, 3.8) is 0 Å². The first-order chi connectivity index (χ1) is 14.2.